The second-order valence-electron chi connectivity index (χ2n) is 7.24. The number of aromatic nitrogens is 2. The standard InChI is InChI=1S/C17H25N3O/c1-19-11-14(10-18-19)16-3-2-8-20(16)17(21)9-15(12-4-5-12)13-6-7-13/h10-13,15-16H,2-9H2,1H3/t16-/m1/s1. The van der Waals surface area contributed by atoms with Crippen LogP contribution in [0.3, 0.4) is 0 Å². The summed E-state index contributed by atoms with van der Waals surface area (Å²) in [5, 5.41) is 4.27. The van der Waals surface area contributed by atoms with E-state index < -0.39 is 0 Å². The lowest BCUT2D eigenvalue weighted by Gasteiger charge is -2.26. The van der Waals surface area contributed by atoms with Crippen LogP contribution in [-0.4, -0.2) is 27.1 Å². The van der Waals surface area contributed by atoms with E-state index in [-0.39, 0.29) is 6.04 Å². The van der Waals surface area contributed by atoms with Crippen LogP contribution in [0.2, 0.25) is 0 Å². The van der Waals surface area contributed by atoms with Crippen molar-refractivity contribution in [3.63, 3.8) is 0 Å². The Labute approximate surface area is 126 Å². The average Bonchev–Trinajstić information content (AvgIpc) is 3.38. The van der Waals surface area contributed by atoms with E-state index in [1.54, 1.807) is 0 Å². The van der Waals surface area contributed by atoms with E-state index in [1.165, 1.54) is 31.2 Å². The topological polar surface area (TPSA) is 38.1 Å². The van der Waals surface area contributed by atoms with Crippen molar-refractivity contribution in [1.29, 1.82) is 0 Å². The third-order valence-corrected chi connectivity index (χ3v) is 5.55. The Morgan fingerprint density at radius 3 is 2.57 bits per heavy atom. The van der Waals surface area contributed by atoms with Gasteiger partial charge >= 0.3 is 0 Å². The van der Waals surface area contributed by atoms with Gasteiger partial charge in [-0.2, -0.15) is 5.10 Å². The Kier molecular flexibility index (Phi) is 3.27. The molecular formula is C17H25N3O. The number of likely N-dealkylation sites (tertiary alicyclic amines) is 1. The van der Waals surface area contributed by atoms with Crippen LogP contribution in [-0.2, 0) is 11.8 Å². The number of aryl methyl sites for hydroxylation is 1. The Hall–Kier alpha value is -1.32. The molecule has 3 fully saturated rings. The zero-order chi connectivity index (χ0) is 14.4. The zero-order valence-corrected chi connectivity index (χ0v) is 12.9. The monoisotopic (exact) mass is 287 g/mol. The fraction of sp³-hybridized carbons (Fsp3) is 0.765. The fourth-order valence-electron chi connectivity index (χ4n) is 4.11. The van der Waals surface area contributed by atoms with E-state index in [2.05, 4.69) is 16.2 Å². The number of carbonyl (C=O) groups excluding carboxylic acids is 1. The summed E-state index contributed by atoms with van der Waals surface area (Å²) in [7, 11) is 1.95. The molecule has 0 unspecified atom stereocenters. The molecule has 1 aromatic heterocycles. The van der Waals surface area contributed by atoms with Gasteiger partial charge in [-0.25, -0.2) is 0 Å². The van der Waals surface area contributed by atoms with Crippen LogP contribution < -0.4 is 0 Å². The maximum atomic E-state index is 12.8. The second kappa shape index (κ2) is 5.15. The van der Waals surface area contributed by atoms with Gasteiger partial charge in [0, 0.05) is 31.8 Å². The minimum absolute atomic E-state index is 0.269. The summed E-state index contributed by atoms with van der Waals surface area (Å²) in [4.78, 5) is 14.9. The van der Waals surface area contributed by atoms with Gasteiger partial charge in [0.05, 0.1) is 12.2 Å². The predicted molar refractivity (Wildman–Crippen MR) is 80.5 cm³/mol. The Balaban J connectivity index is 1.45. The van der Waals surface area contributed by atoms with Crippen LogP contribution in [0.4, 0.5) is 0 Å². The average molecular weight is 287 g/mol. The molecule has 4 heteroatoms. The maximum absolute atomic E-state index is 12.8. The minimum atomic E-state index is 0.269. The first-order chi connectivity index (χ1) is 10.2. The molecule has 4 rings (SSSR count). The van der Waals surface area contributed by atoms with Gasteiger partial charge in [-0.15, -0.1) is 0 Å². The fourth-order valence-corrected chi connectivity index (χ4v) is 4.11. The predicted octanol–water partition coefficient (Wildman–Crippen LogP) is 2.91. The summed E-state index contributed by atoms with van der Waals surface area (Å²) in [6.45, 7) is 0.931. The molecule has 2 heterocycles. The van der Waals surface area contributed by atoms with Crippen LogP contribution in [0, 0.1) is 17.8 Å². The van der Waals surface area contributed by atoms with E-state index in [1.807, 2.05) is 17.9 Å². The molecule has 1 atom stereocenters. The number of hydrogen-bond acceptors (Lipinski definition) is 2. The highest BCUT2D eigenvalue weighted by Crippen LogP contribution is 2.51. The third kappa shape index (κ3) is 2.72. The lowest BCUT2D eigenvalue weighted by Crippen LogP contribution is -2.32. The first-order valence-corrected chi connectivity index (χ1v) is 8.50. The van der Waals surface area contributed by atoms with Gasteiger partial charge in [0.2, 0.25) is 5.91 Å². The highest BCUT2D eigenvalue weighted by molar-refractivity contribution is 5.77. The van der Waals surface area contributed by atoms with Crippen molar-refractivity contribution in [3.05, 3.63) is 18.0 Å². The minimum Gasteiger partial charge on any atom is -0.336 e. The first kappa shape index (κ1) is 13.4. The molecule has 21 heavy (non-hydrogen) atoms. The van der Waals surface area contributed by atoms with Crippen LogP contribution in [0.5, 0.6) is 0 Å². The Morgan fingerprint density at radius 1 is 1.29 bits per heavy atom. The number of nitrogens with zero attached hydrogens (tertiary/aromatic N) is 3. The summed E-state index contributed by atoms with van der Waals surface area (Å²) in [5.41, 5.74) is 1.21. The van der Waals surface area contributed by atoms with Crippen molar-refractivity contribution < 1.29 is 4.79 Å². The van der Waals surface area contributed by atoms with Crippen molar-refractivity contribution >= 4 is 5.91 Å². The highest BCUT2D eigenvalue weighted by Gasteiger charge is 2.43. The number of hydrogen-bond donors (Lipinski definition) is 0. The van der Waals surface area contributed by atoms with Crippen LogP contribution in [0.1, 0.15) is 56.6 Å². The summed E-state index contributed by atoms with van der Waals surface area (Å²) < 4.78 is 1.84. The maximum Gasteiger partial charge on any atom is 0.223 e. The molecule has 114 valence electrons. The van der Waals surface area contributed by atoms with Crippen LogP contribution >= 0.6 is 0 Å². The van der Waals surface area contributed by atoms with E-state index in [4.69, 9.17) is 0 Å². The van der Waals surface area contributed by atoms with Crippen LogP contribution in [0.15, 0.2) is 12.4 Å². The van der Waals surface area contributed by atoms with Crippen molar-refractivity contribution in [2.75, 3.05) is 6.54 Å². The molecule has 2 saturated carbocycles. The van der Waals surface area contributed by atoms with Gasteiger partial charge in [0.1, 0.15) is 0 Å². The largest absolute Gasteiger partial charge is 0.336 e. The molecular weight excluding hydrogens is 262 g/mol. The Bertz CT molecular complexity index is 518. The molecule has 1 saturated heterocycles. The zero-order valence-electron chi connectivity index (χ0n) is 12.9. The number of amides is 1. The molecule has 1 aromatic rings. The lowest BCUT2D eigenvalue weighted by molar-refractivity contribution is -0.133. The van der Waals surface area contributed by atoms with Gasteiger partial charge in [-0.3, -0.25) is 9.48 Å². The Morgan fingerprint density at radius 2 is 2.00 bits per heavy atom. The lowest BCUT2D eigenvalue weighted by atomic mass is 9.93. The number of carbonyl (C=O) groups is 1. The summed E-state index contributed by atoms with van der Waals surface area (Å²) in [6.07, 6.45) is 12.5. The normalized spacial score (nSPS) is 25.8. The second-order valence-corrected chi connectivity index (χ2v) is 7.24. The smallest absolute Gasteiger partial charge is 0.223 e. The van der Waals surface area contributed by atoms with Gasteiger partial charge in [0.25, 0.3) is 0 Å². The van der Waals surface area contributed by atoms with Gasteiger partial charge < -0.3 is 4.90 Å². The van der Waals surface area contributed by atoms with Gasteiger partial charge in [0.15, 0.2) is 0 Å². The van der Waals surface area contributed by atoms with Crippen molar-refractivity contribution in [2.45, 2.75) is 51.0 Å². The van der Waals surface area contributed by atoms with Gasteiger partial charge in [-0.1, -0.05) is 0 Å². The molecule has 0 spiro atoms. The molecule has 2 aliphatic carbocycles. The highest BCUT2D eigenvalue weighted by atomic mass is 16.2. The molecule has 3 aliphatic rings. The van der Waals surface area contributed by atoms with Crippen LogP contribution in [0.25, 0.3) is 0 Å². The van der Waals surface area contributed by atoms with Gasteiger partial charge in [-0.05, 0) is 56.3 Å². The first-order valence-electron chi connectivity index (χ1n) is 8.50. The SMILES string of the molecule is Cn1cc([C@H]2CCCN2C(=O)CC(C2CC2)C2CC2)cn1. The molecule has 0 radical (unpaired) electrons. The van der Waals surface area contributed by atoms with Crippen molar-refractivity contribution in [1.82, 2.24) is 14.7 Å². The molecule has 1 amide bonds. The molecule has 1 aliphatic heterocycles. The summed E-state index contributed by atoms with van der Waals surface area (Å²) >= 11 is 0. The summed E-state index contributed by atoms with van der Waals surface area (Å²) in [6, 6.07) is 0.269. The third-order valence-electron chi connectivity index (χ3n) is 5.55. The molecule has 0 N–H and O–H groups in total. The van der Waals surface area contributed by atoms with E-state index in [0.717, 1.165) is 37.6 Å². The van der Waals surface area contributed by atoms with E-state index >= 15 is 0 Å². The van der Waals surface area contributed by atoms with Crippen molar-refractivity contribution in [2.24, 2.45) is 24.8 Å². The molecule has 0 bridgehead atoms. The van der Waals surface area contributed by atoms with Crippen molar-refractivity contribution in [3.8, 4) is 0 Å². The molecule has 4 nitrogen and oxygen atoms in total. The summed E-state index contributed by atoms with van der Waals surface area (Å²) in [5.74, 6) is 2.81. The quantitative estimate of drug-likeness (QED) is 0.835. The van der Waals surface area contributed by atoms with E-state index in [9.17, 15) is 4.79 Å². The number of rotatable bonds is 5. The molecule has 0 aromatic carbocycles. The van der Waals surface area contributed by atoms with E-state index in [0.29, 0.717) is 11.8 Å².